The fourth-order valence-electron chi connectivity index (χ4n) is 3.15. The molecule has 7 heteroatoms. The van der Waals surface area contributed by atoms with Crippen LogP contribution >= 0.6 is 12.1 Å². The molecule has 4 N–H and O–H groups in total. The third-order valence-corrected chi connectivity index (χ3v) is 5.11. The number of allylic oxidation sites excluding steroid dienone is 4. The van der Waals surface area contributed by atoms with Crippen LogP contribution in [0.15, 0.2) is 58.7 Å². The maximum absolute atomic E-state index is 12.8. The molecule has 1 heterocycles. The molecule has 6 nitrogen and oxygen atoms in total. The lowest BCUT2D eigenvalue weighted by Crippen LogP contribution is -2.34. The fourth-order valence-corrected chi connectivity index (χ4v) is 3.39. The summed E-state index contributed by atoms with van der Waals surface area (Å²) in [6.07, 6.45) is 8.60. The number of amides is 1. The van der Waals surface area contributed by atoms with E-state index in [0.29, 0.717) is 23.6 Å². The molecule has 0 aliphatic heterocycles. The molecule has 0 radical (unpaired) electrons. The van der Waals surface area contributed by atoms with Crippen molar-refractivity contribution in [3.63, 3.8) is 0 Å². The normalized spacial score (nSPS) is 12.9. The lowest BCUT2D eigenvalue weighted by Gasteiger charge is -2.20. The second kappa shape index (κ2) is 12.3. The largest absolute Gasteiger partial charge is 0.490 e. The predicted octanol–water partition coefficient (Wildman–Crippen LogP) is 5.48. The molecule has 1 aromatic carbocycles. The Morgan fingerprint density at radius 1 is 1.35 bits per heavy atom. The molecular weight excluding hydrogens is 410 g/mol. The summed E-state index contributed by atoms with van der Waals surface area (Å²) in [5, 5.41) is 9.59. The first kappa shape index (κ1) is 24.6. The monoisotopic (exact) mass is 443 g/mol. The molecule has 1 unspecified atom stereocenters. The number of nitrogens with two attached hydrogens (primary N) is 1. The average molecular weight is 444 g/mol. The van der Waals surface area contributed by atoms with Gasteiger partial charge in [0.15, 0.2) is 11.3 Å². The lowest BCUT2D eigenvalue weighted by atomic mass is 10.0. The number of furan rings is 1. The minimum atomic E-state index is -0.691. The van der Waals surface area contributed by atoms with Crippen LogP contribution in [0.3, 0.4) is 0 Å². The molecule has 168 valence electrons. The van der Waals surface area contributed by atoms with Crippen molar-refractivity contribution in [1.82, 2.24) is 10.0 Å². The van der Waals surface area contributed by atoms with Gasteiger partial charge in [0.05, 0.1) is 6.61 Å². The first-order chi connectivity index (χ1) is 14.9. The molecule has 1 amide bonds. The van der Waals surface area contributed by atoms with E-state index in [-0.39, 0.29) is 5.91 Å². The van der Waals surface area contributed by atoms with Gasteiger partial charge in [0.2, 0.25) is 0 Å². The van der Waals surface area contributed by atoms with E-state index in [0.717, 1.165) is 48.1 Å². The van der Waals surface area contributed by atoms with Crippen molar-refractivity contribution in [2.45, 2.75) is 53.0 Å². The second-order valence-corrected chi connectivity index (χ2v) is 7.70. The van der Waals surface area contributed by atoms with Crippen molar-refractivity contribution in [1.29, 1.82) is 0 Å². The summed E-state index contributed by atoms with van der Waals surface area (Å²) in [6, 6.07) is 5.10. The molecular formula is C24H33N3O3S. The number of hydrogen-bond acceptors (Lipinski definition) is 6. The van der Waals surface area contributed by atoms with Crippen LogP contribution in [0.2, 0.25) is 0 Å². The Balaban J connectivity index is 2.40. The SMILES string of the molecule is C=C(/C=C\C/C(C)=C\C)NC(C(=O)NSN)c1cc(OCC)c2oc(CCC)cc2c1. The quantitative estimate of drug-likeness (QED) is 0.229. The molecule has 0 bridgehead atoms. The number of hydrogen-bond donors (Lipinski definition) is 3. The van der Waals surface area contributed by atoms with Crippen molar-refractivity contribution >= 4 is 29.0 Å². The van der Waals surface area contributed by atoms with Crippen LogP contribution in [0.5, 0.6) is 5.75 Å². The highest BCUT2D eigenvalue weighted by Crippen LogP contribution is 2.33. The molecule has 0 fully saturated rings. The highest BCUT2D eigenvalue weighted by molar-refractivity contribution is 7.95. The van der Waals surface area contributed by atoms with Gasteiger partial charge in [0.1, 0.15) is 11.8 Å². The van der Waals surface area contributed by atoms with E-state index in [4.69, 9.17) is 14.3 Å². The number of ether oxygens (including phenoxy) is 1. The van der Waals surface area contributed by atoms with E-state index < -0.39 is 6.04 Å². The smallest absolute Gasteiger partial charge is 0.257 e. The third kappa shape index (κ3) is 6.94. The van der Waals surface area contributed by atoms with Gasteiger partial charge < -0.3 is 14.5 Å². The highest BCUT2D eigenvalue weighted by atomic mass is 32.2. The molecule has 0 saturated heterocycles. The maximum Gasteiger partial charge on any atom is 0.257 e. The molecule has 2 rings (SSSR count). The zero-order valence-corrected chi connectivity index (χ0v) is 19.6. The Kier molecular flexibility index (Phi) is 9.75. The standard InChI is InChI=1S/C24H33N3O3S/c1-6-10-20-14-19-13-18(15-21(29-8-3)23(19)30-20)22(24(28)27-31-25)26-17(5)12-9-11-16(4)7-2/h7,9,12-15,22,26H,5-6,8,10-11,25H2,1-4H3,(H,27,28)/b12-9-,16-7-. The number of carbonyl (C=O) groups excluding carboxylic acids is 1. The van der Waals surface area contributed by atoms with Crippen molar-refractivity contribution in [2.75, 3.05) is 6.61 Å². The van der Waals surface area contributed by atoms with Gasteiger partial charge >= 0.3 is 0 Å². The van der Waals surface area contributed by atoms with Crippen molar-refractivity contribution < 1.29 is 13.9 Å². The van der Waals surface area contributed by atoms with Gasteiger partial charge in [-0.2, -0.15) is 0 Å². The number of fused-ring (bicyclic) bond motifs is 1. The number of benzene rings is 1. The van der Waals surface area contributed by atoms with Crippen molar-refractivity contribution in [3.05, 3.63) is 65.6 Å². The number of rotatable bonds is 12. The summed E-state index contributed by atoms with van der Waals surface area (Å²) < 4.78 is 14.4. The Labute approximate surface area is 189 Å². The van der Waals surface area contributed by atoms with Gasteiger partial charge in [-0.15, -0.1) is 0 Å². The van der Waals surface area contributed by atoms with Gasteiger partial charge in [-0.25, -0.2) is 0 Å². The van der Waals surface area contributed by atoms with Crippen LogP contribution in [-0.2, 0) is 11.2 Å². The van der Waals surface area contributed by atoms with Gasteiger partial charge in [-0.1, -0.05) is 31.2 Å². The molecule has 2 aromatic rings. The molecule has 0 spiro atoms. The molecule has 31 heavy (non-hydrogen) atoms. The van der Waals surface area contributed by atoms with E-state index >= 15 is 0 Å². The van der Waals surface area contributed by atoms with E-state index in [9.17, 15) is 4.79 Å². The first-order valence-electron chi connectivity index (χ1n) is 10.5. The zero-order chi connectivity index (χ0) is 22.8. The number of nitrogens with one attached hydrogen (secondary N) is 2. The minimum absolute atomic E-state index is 0.272. The number of aryl methyl sites for hydroxylation is 1. The molecule has 0 aliphatic carbocycles. The van der Waals surface area contributed by atoms with Crippen molar-refractivity contribution in [2.24, 2.45) is 5.14 Å². The summed E-state index contributed by atoms with van der Waals surface area (Å²) in [5.74, 6) is 1.24. The summed E-state index contributed by atoms with van der Waals surface area (Å²) in [7, 11) is 0. The molecule has 1 atom stereocenters. The van der Waals surface area contributed by atoms with Gasteiger partial charge in [0, 0.05) is 29.6 Å². The first-order valence-corrected chi connectivity index (χ1v) is 11.4. The molecule has 0 aliphatic rings. The Morgan fingerprint density at radius 2 is 2.13 bits per heavy atom. The van der Waals surface area contributed by atoms with Crippen LogP contribution in [0.1, 0.15) is 57.9 Å². The fraction of sp³-hybridized carbons (Fsp3) is 0.375. The Hall–Kier alpha value is -2.64. The second-order valence-electron chi connectivity index (χ2n) is 7.26. The third-order valence-electron chi connectivity index (χ3n) is 4.79. The predicted molar refractivity (Wildman–Crippen MR) is 130 cm³/mol. The average Bonchev–Trinajstić information content (AvgIpc) is 3.15. The summed E-state index contributed by atoms with van der Waals surface area (Å²) >= 11 is 0.769. The van der Waals surface area contributed by atoms with Crippen LogP contribution in [-0.4, -0.2) is 12.5 Å². The summed E-state index contributed by atoms with van der Waals surface area (Å²) in [4.78, 5) is 12.8. The molecule has 0 saturated carbocycles. The topological polar surface area (TPSA) is 89.5 Å². The maximum atomic E-state index is 12.8. The lowest BCUT2D eigenvalue weighted by molar-refractivity contribution is -0.121. The van der Waals surface area contributed by atoms with Gasteiger partial charge in [-0.05, 0) is 63.5 Å². The van der Waals surface area contributed by atoms with Crippen LogP contribution in [0.4, 0.5) is 0 Å². The Morgan fingerprint density at radius 3 is 2.77 bits per heavy atom. The Bertz CT molecular complexity index is 962. The zero-order valence-electron chi connectivity index (χ0n) is 18.8. The van der Waals surface area contributed by atoms with Gasteiger partial charge in [-0.3, -0.25) is 14.7 Å². The van der Waals surface area contributed by atoms with E-state index in [1.165, 1.54) is 5.57 Å². The van der Waals surface area contributed by atoms with Crippen LogP contribution in [0, 0.1) is 0 Å². The minimum Gasteiger partial charge on any atom is -0.490 e. The van der Waals surface area contributed by atoms with Crippen LogP contribution < -0.4 is 19.9 Å². The van der Waals surface area contributed by atoms with E-state index in [2.05, 4.69) is 36.5 Å². The van der Waals surface area contributed by atoms with Crippen LogP contribution in [0.25, 0.3) is 11.0 Å². The highest BCUT2D eigenvalue weighted by Gasteiger charge is 2.23. The van der Waals surface area contributed by atoms with Crippen molar-refractivity contribution in [3.8, 4) is 5.75 Å². The van der Waals surface area contributed by atoms with E-state index in [1.807, 2.05) is 44.2 Å². The van der Waals surface area contributed by atoms with Gasteiger partial charge in [0.25, 0.3) is 5.91 Å². The molecule has 1 aromatic heterocycles. The van der Waals surface area contributed by atoms with E-state index in [1.54, 1.807) is 0 Å². The summed E-state index contributed by atoms with van der Waals surface area (Å²) in [6.45, 7) is 12.6. The number of carbonyl (C=O) groups is 1. The summed E-state index contributed by atoms with van der Waals surface area (Å²) in [5.41, 5.74) is 3.32.